The highest BCUT2D eigenvalue weighted by molar-refractivity contribution is 6.31. The molecular weight excluding hydrogens is 383 g/mol. The minimum absolute atomic E-state index is 0.152. The van der Waals surface area contributed by atoms with Gasteiger partial charge >= 0.3 is 6.09 Å². The van der Waals surface area contributed by atoms with Gasteiger partial charge in [-0.05, 0) is 45.0 Å². The van der Waals surface area contributed by atoms with Crippen molar-refractivity contribution in [3.8, 4) is 0 Å². The molecule has 146 valence electrons. The first-order valence-electron chi connectivity index (χ1n) is 8.60. The van der Waals surface area contributed by atoms with E-state index in [0.29, 0.717) is 5.56 Å². The number of aromatic nitrogens is 2. The Hall–Kier alpha value is -2.93. The van der Waals surface area contributed by atoms with Crippen molar-refractivity contribution in [1.29, 1.82) is 5.41 Å². The third-order valence-electron chi connectivity index (χ3n) is 3.96. The molecule has 2 N–H and O–H groups in total. The number of amides is 1. The minimum Gasteiger partial charge on any atom is -0.444 e. The normalized spacial score (nSPS) is 11.5. The highest BCUT2D eigenvalue weighted by atomic mass is 35.5. The second-order valence-corrected chi connectivity index (χ2v) is 7.71. The fourth-order valence-electron chi connectivity index (χ4n) is 2.72. The summed E-state index contributed by atoms with van der Waals surface area (Å²) < 4.78 is 21.7. The number of hydrogen-bond donors (Lipinski definition) is 2. The molecular formula is C20H20ClFN4O2. The number of rotatable bonds is 3. The second kappa shape index (κ2) is 7.59. The van der Waals surface area contributed by atoms with E-state index in [0.717, 1.165) is 10.9 Å². The predicted molar refractivity (Wildman–Crippen MR) is 106 cm³/mol. The van der Waals surface area contributed by atoms with Gasteiger partial charge < -0.3 is 9.30 Å². The molecule has 0 spiro atoms. The number of nitrogens with one attached hydrogen (secondary N) is 2. The Morgan fingerprint density at radius 2 is 2.11 bits per heavy atom. The smallest absolute Gasteiger partial charge is 0.413 e. The van der Waals surface area contributed by atoms with Crippen molar-refractivity contribution >= 4 is 34.4 Å². The van der Waals surface area contributed by atoms with Crippen LogP contribution in [0.25, 0.3) is 10.9 Å². The molecule has 0 fully saturated rings. The maximum absolute atomic E-state index is 14.7. The van der Waals surface area contributed by atoms with Crippen LogP contribution in [-0.2, 0) is 11.3 Å². The standard InChI is InChI=1S/C20H20ClFN4O2/c1-20(2,3)28-19(27)25-18(23)13-8-15(21)14(16(22)9-13)11-26-7-5-12-10-24-6-4-17(12)26/h4-10H,11H2,1-3H3,(H2,23,25,27). The Kier molecular flexibility index (Phi) is 5.38. The summed E-state index contributed by atoms with van der Waals surface area (Å²) in [5, 5.41) is 11.4. The SMILES string of the molecule is CC(C)(C)OC(=O)NC(=N)c1cc(F)c(Cn2ccc3cnccc32)c(Cl)c1. The molecule has 0 aliphatic carbocycles. The maximum Gasteiger partial charge on any atom is 0.413 e. The molecule has 0 unspecified atom stereocenters. The van der Waals surface area contributed by atoms with Crippen LogP contribution in [0.15, 0.2) is 42.9 Å². The van der Waals surface area contributed by atoms with Gasteiger partial charge in [-0.3, -0.25) is 15.7 Å². The molecule has 28 heavy (non-hydrogen) atoms. The first-order valence-corrected chi connectivity index (χ1v) is 8.97. The van der Waals surface area contributed by atoms with Crippen molar-refractivity contribution in [3.05, 3.63) is 64.8 Å². The largest absolute Gasteiger partial charge is 0.444 e. The maximum atomic E-state index is 14.7. The summed E-state index contributed by atoms with van der Waals surface area (Å²) in [6, 6.07) is 6.36. The number of benzene rings is 1. The molecule has 1 amide bonds. The predicted octanol–water partition coefficient (Wildman–Crippen LogP) is 4.73. The number of ether oxygens (including phenoxy) is 1. The molecule has 0 saturated heterocycles. The molecule has 2 aromatic heterocycles. The van der Waals surface area contributed by atoms with Crippen LogP contribution in [-0.4, -0.2) is 27.1 Å². The minimum atomic E-state index is -0.787. The third kappa shape index (κ3) is 4.48. The molecule has 0 aliphatic heterocycles. The van der Waals surface area contributed by atoms with Gasteiger partial charge in [0.1, 0.15) is 17.3 Å². The van der Waals surface area contributed by atoms with Gasteiger partial charge in [-0.15, -0.1) is 0 Å². The fourth-order valence-corrected chi connectivity index (χ4v) is 2.99. The molecule has 6 nitrogen and oxygen atoms in total. The van der Waals surface area contributed by atoms with Gasteiger partial charge in [-0.25, -0.2) is 9.18 Å². The summed E-state index contributed by atoms with van der Waals surface area (Å²) in [4.78, 5) is 15.9. The average Bonchev–Trinajstić information content (AvgIpc) is 2.99. The number of nitrogens with zero attached hydrogens (tertiary/aromatic N) is 2. The number of carbonyl (C=O) groups excluding carboxylic acids is 1. The zero-order valence-electron chi connectivity index (χ0n) is 15.7. The number of halogens is 2. The summed E-state index contributed by atoms with van der Waals surface area (Å²) in [5.41, 5.74) is 0.656. The van der Waals surface area contributed by atoms with Gasteiger partial charge in [0.15, 0.2) is 0 Å². The summed E-state index contributed by atoms with van der Waals surface area (Å²) >= 11 is 6.28. The first kappa shape index (κ1) is 19.8. The molecule has 3 aromatic rings. The van der Waals surface area contributed by atoms with E-state index in [-0.39, 0.29) is 23.0 Å². The fraction of sp³-hybridized carbons (Fsp3) is 0.250. The third-order valence-corrected chi connectivity index (χ3v) is 4.29. The molecule has 0 atom stereocenters. The van der Waals surface area contributed by atoms with Crippen LogP contribution in [0, 0.1) is 11.2 Å². The summed E-state index contributed by atoms with van der Waals surface area (Å²) in [7, 11) is 0. The van der Waals surface area contributed by atoms with Gasteiger partial charge in [0.2, 0.25) is 0 Å². The molecule has 2 heterocycles. The molecule has 8 heteroatoms. The van der Waals surface area contributed by atoms with Crippen molar-refractivity contribution in [3.63, 3.8) is 0 Å². The van der Waals surface area contributed by atoms with Gasteiger partial charge in [0.25, 0.3) is 0 Å². The summed E-state index contributed by atoms with van der Waals surface area (Å²) in [6.45, 7) is 5.36. The molecule has 3 rings (SSSR count). The number of amidine groups is 1. The molecule has 1 aromatic carbocycles. The lowest BCUT2D eigenvalue weighted by atomic mass is 10.1. The molecule has 0 bridgehead atoms. The summed E-state index contributed by atoms with van der Waals surface area (Å²) in [6.07, 6.45) is 4.45. The monoisotopic (exact) mass is 402 g/mol. The van der Waals surface area contributed by atoms with E-state index in [1.54, 1.807) is 33.2 Å². The van der Waals surface area contributed by atoms with E-state index >= 15 is 0 Å². The molecule has 0 saturated carbocycles. The van der Waals surface area contributed by atoms with Crippen LogP contribution in [0.2, 0.25) is 5.02 Å². The zero-order valence-corrected chi connectivity index (χ0v) is 16.5. The van der Waals surface area contributed by atoms with Crippen molar-refractivity contribution in [2.75, 3.05) is 0 Å². The number of alkyl carbamates (subject to hydrolysis) is 1. The van der Waals surface area contributed by atoms with E-state index < -0.39 is 17.5 Å². The Morgan fingerprint density at radius 1 is 1.36 bits per heavy atom. The van der Waals surface area contributed by atoms with E-state index in [2.05, 4.69) is 10.3 Å². The lowest BCUT2D eigenvalue weighted by Gasteiger charge is -2.20. The van der Waals surface area contributed by atoms with Crippen LogP contribution >= 0.6 is 11.6 Å². The van der Waals surface area contributed by atoms with Crippen LogP contribution in [0.3, 0.4) is 0 Å². The highest BCUT2D eigenvalue weighted by Crippen LogP contribution is 2.25. The van der Waals surface area contributed by atoms with Crippen molar-refractivity contribution < 1.29 is 13.9 Å². The Labute approximate surface area is 166 Å². The Bertz CT molecular complexity index is 1030. The van der Waals surface area contributed by atoms with E-state index in [9.17, 15) is 9.18 Å². The topological polar surface area (TPSA) is 80.0 Å². The lowest BCUT2D eigenvalue weighted by Crippen LogP contribution is -2.36. The lowest BCUT2D eigenvalue weighted by molar-refractivity contribution is 0.0563. The van der Waals surface area contributed by atoms with Gasteiger partial charge in [-0.2, -0.15) is 0 Å². The van der Waals surface area contributed by atoms with Gasteiger partial charge in [0.05, 0.1) is 12.1 Å². The van der Waals surface area contributed by atoms with Gasteiger partial charge in [-0.1, -0.05) is 11.6 Å². The average molecular weight is 403 g/mol. The van der Waals surface area contributed by atoms with E-state index in [1.807, 2.05) is 22.9 Å². The van der Waals surface area contributed by atoms with E-state index in [1.165, 1.54) is 12.1 Å². The highest BCUT2D eigenvalue weighted by Gasteiger charge is 2.19. The van der Waals surface area contributed by atoms with Crippen LogP contribution in [0.1, 0.15) is 31.9 Å². The van der Waals surface area contributed by atoms with Crippen LogP contribution in [0.4, 0.5) is 9.18 Å². The summed E-state index contributed by atoms with van der Waals surface area (Å²) in [5.74, 6) is -0.853. The van der Waals surface area contributed by atoms with E-state index in [4.69, 9.17) is 21.7 Å². The van der Waals surface area contributed by atoms with Crippen LogP contribution < -0.4 is 5.32 Å². The van der Waals surface area contributed by atoms with Crippen LogP contribution in [0.5, 0.6) is 0 Å². The number of hydrogen-bond acceptors (Lipinski definition) is 4. The molecule has 0 radical (unpaired) electrons. The van der Waals surface area contributed by atoms with Gasteiger partial charge in [0, 0.05) is 40.1 Å². The first-order chi connectivity index (χ1) is 13.1. The number of pyridine rings is 1. The second-order valence-electron chi connectivity index (χ2n) is 7.30. The van der Waals surface area contributed by atoms with Crippen molar-refractivity contribution in [2.24, 2.45) is 0 Å². The molecule has 0 aliphatic rings. The Morgan fingerprint density at radius 3 is 2.79 bits per heavy atom. The Balaban J connectivity index is 1.81. The quantitative estimate of drug-likeness (QED) is 0.491. The number of carbonyl (C=O) groups is 1. The van der Waals surface area contributed by atoms with Crippen molar-refractivity contribution in [2.45, 2.75) is 32.9 Å². The zero-order chi connectivity index (χ0) is 20.5. The number of fused-ring (bicyclic) bond motifs is 1. The van der Waals surface area contributed by atoms with Crippen molar-refractivity contribution in [1.82, 2.24) is 14.9 Å².